The quantitative estimate of drug-likeness (QED) is 0.120. The van der Waals surface area contributed by atoms with Gasteiger partial charge in [0.1, 0.15) is 12.4 Å². The Morgan fingerprint density at radius 2 is 1.74 bits per heavy atom. The second kappa shape index (κ2) is 11.8. The Morgan fingerprint density at radius 3 is 2.39 bits per heavy atom. The molecule has 1 N–H and O–H groups in total. The molecule has 160 valence electrons. The molecule has 0 spiro atoms. The van der Waals surface area contributed by atoms with E-state index >= 15 is 0 Å². The summed E-state index contributed by atoms with van der Waals surface area (Å²) in [6.45, 7) is 4.33. The summed E-state index contributed by atoms with van der Waals surface area (Å²) in [6.07, 6.45) is 1.63. The van der Waals surface area contributed by atoms with Crippen LogP contribution in [0.15, 0.2) is 58.8 Å². The minimum atomic E-state index is -0.212. The molecule has 0 aliphatic carbocycles. The van der Waals surface area contributed by atoms with E-state index in [4.69, 9.17) is 4.74 Å². The molecule has 31 heavy (non-hydrogen) atoms. The van der Waals surface area contributed by atoms with Gasteiger partial charge in [-0.15, -0.1) is 0 Å². The summed E-state index contributed by atoms with van der Waals surface area (Å²) >= 11 is 5.78. The number of benzene rings is 2. The minimum Gasteiger partial charge on any atom is -0.487 e. The largest absolute Gasteiger partial charge is 0.487 e. The normalized spacial score (nSPS) is 11.0. The highest BCUT2D eigenvalue weighted by molar-refractivity contribution is 14.1. The molecule has 0 atom stereocenters. The minimum absolute atomic E-state index is 0.196. The molecule has 1 heterocycles. The SMILES string of the molecule is Cc1cc(C)nc(SCC(=O)N/N=C\c2cc(I)c(OCc3ccccc3)c(I)c2)n1. The fourth-order valence-corrected chi connectivity index (χ4v) is 5.49. The third kappa shape index (κ3) is 7.72. The first-order valence-corrected chi connectivity index (χ1v) is 12.5. The van der Waals surface area contributed by atoms with Gasteiger partial charge in [0.25, 0.3) is 5.91 Å². The van der Waals surface area contributed by atoms with Gasteiger partial charge in [0.15, 0.2) is 5.16 Å². The lowest BCUT2D eigenvalue weighted by Crippen LogP contribution is -2.19. The first-order valence-electron chi connectivity index (χ1n) is 9.33. The standard InChI is InChI=1S/C22H20I2N4O2S/c1-14-8-15(2)27-22(26-14)31-13-20(29)28-25-11-17-9-18(23)21(19(24)10-17)30-12-16-6-4-3-5-7-16/h3-11H,12-13H2,1-2H3,(H,28,29)/b25-11-. The van der Waals surface area contributed by atoms with Crippen molar-refractivity contribution in [2.24, 2.45) is 5.10 Å². The van der Waals surface area contributed by atoms with Crippen LogP contribution in [0.3, 0.4) is 0 Å². The summed E-state index contributed by atoms with van der Waals surface area (Å²) in [5.74, 6) is 0.828. The number of rotatable bonds is 8. The molecule has 0 radical (unpaired) electrons. The van der Waals surface area contributed by atoms with Crippen molar-refractivity contribution in [3.05, 3.63) is 78.2 Å². The number of carbonyl (C=O) groups is 1. The monoisotopic (exact) mass is 658 g/mol. The van der Waals surface area contributed by atoms with E-state index in [-0.39, 0.29) is 11.7 Å². The highest BCUT2D eigenvalue weighted by atomic mass is 127. The van der Waals surface area contributed by atoms with Crippen LogP contribution in [0.4, 0.5) is 0 Å². The summed E-state index contributed by atoms with van der Waals surface area (Å²) < 4.78 is 7.96. The van der Waals surface area contributed by atoms with E-state index < -0.39 is 0 Å². The molecule has 3 rings (SSSR count). The number of hydrogen-bond donors (Lipinski definition) is 1. The van der Waals surface area contributed by atoms with Gasteiger partial charge in [0.05, 0.1) is 19.1 Å². The van der Waals surface area contributed by atoms with Crippen LogP contribution in [0.25, 0.3) is 0 Å². The molecule has 2 aromatic carbocycles. The maximum atomic E-state index is 12.1. The molecule has 1 aromatic heterocycles. The Kier molecular flexibility index (Phi) is 9.08. The second-order valence-electron chi connectivity index (χ2n) is 6.60. The van der Waals surface area contributed by atoms with E-state index in [2.05, 4.69) is 65.7 Å². The van der Waals surface area contributed by atoms with Crippen LogP contribution in [-0.2, 0) is 11.4 Å². The molecule has 0 unspecified atom stereocenters. The Balaban J connectivity index is 1.53. The molecule has 0 aliphatic rings. The molecule has 0 bridgehead atoms. The number of nitrogens with one attached hydrogen (secondary N) is 1. The van der Waals surface area contributed by atoms with Crippen molar-refractivity contribution < 1.29 is 9.53 Å². The van der Waals surface area contributed by atoms with E-state index in [9.17, 15) is 4.79 Å². The first-order chi connectivity index (χ1) is 14.9. The Bertz CT molecular complexity index is 1050. The van der Waals surface area contributed by atoms with Gasteiger partial charge in [-0.1, -0.05) is 42.1 Å². The van der Waals surface area contributed by atoms with Gasteiger partial charge in [0.2, 0.25) is 0 Å². The number of aryl methyl sites for hydroxylation is 2. The predicted octanol–water partition coefficient (Wildman–Crippen LogP) is 5.12. The fourth-order valence-electron chi connectivity index (χ4n) is 2.62. The van der Waals surface area contributed by atoms with E-state index in [1.54, 1.807) is 6.21 Å². The van der Waals surface area contributed by atoms with Crippen LogP contribution in [0.5, 0.6) is 5.75 Å². The van der Waals surface area contributed by atoms with Crippen molar-refractivity contribution in [1.82, 2.24) is 15.4 Å². The van der Waals surface area contributed by atoms with Crippen LogP contribution < -0.4 is 10.2 Å². The molecule has 1 amide bonds. The molecule has 6 nitrogen and oxygen atoms in total. The van der Waals surface area contributed by atoms with Crippen LogP contribution in [0.2, 0.25) is 0 Å². The number of carbonyl (C=O) groups excluding carboxylic acids is 1. The number of hydrazone groups is 1. The zero-order chi connectivity index (χ0) is 22.2. The number of amides is 1. The van der Waals surface area contributed by atoms with E-state index in [0.717, 1.165) is 35.4 Å². The van der Waals surface area contributed by atoms with Gasteiger partial charge in [-0.05, 0) is 88.4 Å². The molecule has 0 saturated heterocycles. The van der Waals surface area contributed by atoms with Crippen molar-refractivity contribution in [3.63, 3.8) is 0 Å². The third-order valence-corrected chi connectivity index (χ3v) is 6.39. The van der Waals surface area contributed by atoms with Crippen LogP contribution in [0, 0.1) is 21.0 Å². The molecule has 0 fully saturated rings. The van der Waals surface area contributed by atoms with E-state index in [1.807, 2.05) is 62.4 Å². The molecule has 0 aliphatic heterocycles. The average Bonchev–Trinajstić information content (AvgIpc) is 2.72. The van der Waals surface area contributed by atoms with Crippen LogP contribution in [0.1, 0.15) is 22.5 Å². The molecular formula is C22H20I2N4O2S. The summed E-state index contributed by atoms with van der Waals surface area (Å²) in [4.78, 5) is 20.7. The van der Waals surface area contributed by atoms with Crippen molar-refractivity contribution >= 4 is 69.1 Å². The highest BCUT2D eigenvalue weighted by Crippen LogP contribution is 2.29. The predicted molar refractivity (Wildman–Crippen MR) is 141 cm³/mol. The van der Waals surface area contributed by atoms with Crippen molar-refractivity contribution in [1.29, 1.82) is 0 Å². The zero-order valence-corrected chi connectivity index (χ0v) is 22.1. The van der Waals surface area contributed by atoms with Crippen molar-refractivity contribution in [2.45, 2.75) is 25.6 Å². The van der Waals surface area contributed by atoms with Gasteiger partial charge in [-0.2, -0.15) is 5.10 Å². The Hall–Kier alpha value is -1.73. The number of nitrogens with zero attached hydrogens (tertiary/aromatic N) is 3. The Morgan fingerprint density at radius 1 is 1.10 bits per heavy atom. The molecule has 0 saturated carbocycles. The summed E-state index contributed by atoms with van der Waals surface area (Å²) in [7, 11) is 0. The maximum Gasteiger partial charge on any atom is 0.250 e. The third-order valence-electron chi connectivity index (χ3n) is 3.94. The smallest absolute Gasteiger partial charge is 0.250 e. The molecule has 3 aromatic rings. The van der Waals surface area contributed by atoms with E-state index in [1.165, 1.54) is 11.8 Å². The van der Waals surface area contributed by atoms with Gasteiger partial charge in [-0.3, -0.25) is 4.79 Å². The number of ether oxygens (including phenoxy) is 1. The topological polar surface area (TPSA) is 76.5 Å². The average molecular weight is 658 g/mol. The van der Waals surface area contributed by atoms with Crippen molar-refractivity contribution in [2.75, 3.05) is 5.75 Å². The lowest BCUT2D eigenvalue weighted by atomic mass is 10.2. The lowest BCUT2D eigenvalue weighted by molar-refractivity contribution is -0.118. The summed E-state index contributed by atoms with van der Waals surface area (Å²) in [6, 6.07) is 15.9. The van der Waals surface area contributed by atoms with E-state index in [0.29, 0.717) is 11.8 Å². The van der Waals surface area contributed by atoms with Crippen LogP contribution in [-0.4, -0.2) is 27.8 Å². The number of halogens is 2. The highest BCUT2D eigenvalue weighted by Gasteiger charge is 2.09. The molecular weight excluding hydrogens is 638 g/mol. The second-order valence-corrected chi connectivity index (χ2v) is 9.87. The maximum absolute atomic E-state index is 12.1. The summed E-state index contributed by atoms with van der Waals surface area (Å²) in [5.41, 5.74) is 6.31. The van der Waals surface area contributed by atoms with Gasteiger partial charge < -0.3 is 4.74 Å². The van der Waals surface area contributed by atoms with Crippen LogP contribution >= 0.6 is 56.9 Å². The number of aromatic nitrogens is 2. The van der Waals surface area contributed by atoms with Gasteiger partial charge in [0, 0.05) is 11.4 Å². The van der Waals surface area contributed by atoms with Crippen molar-refractivity contribution in [3.8, 4) is 5.75 Å². The molecule has 9 heteroatoms. The van der Waals surface area contributed by atoms with Gasteiger partial charge in [-0.25, -0.2) is 15.4 Å². The van der Waals surface area contributed by atoms with Gasteiger partial charge >= 0.3 is 0 Å². The Labute approximate surface area is 213 Å². The number of thioether (sulfide) groups is 1. The first kappa shape index (κ1) is 23.9. The number of hydrogen-bond acceptors (Lipinski definition) is 6. The lowest BCUT2D eigenvalue weighted by Gasteiger charge is -2.11. The summed E-state index contributed by atoms with van der Waals surface area (Å²) in [5, 5.41) is 4.66. The zero-order valence-electron chi connectivity index (χ0n) is 16.9. The fraction of sp³-hybridized carbons (Fsp3) is 0.182.